The summed E-state index contributed by atoms with van der Waals surface area (Å²) in [6.07, 6.45) is 3.04. The number of aliphatic hydroxyl groups is 1. The van der Waals surface area contributed by atoms with Crippen LogP contribution < -0.4 is 4.74 Å². The van der Waals surface area contributed by atoms with Crippen molar-refractivity contribution in [1.29, 1.82) is 0 Å². The maximum absolute atomic E-state index is 14.5. The smallest absolute Gasteiger partial charge is 0.222 e. The molecule has 2 aromatic carbocycles. The molecule has 3 aromatic rings. The summed E-state index contributed by atoms with van der Waals surface area (Å²) in [5, 5.41) is 15.4. The van der Waals surface area contributed by atoms with E-state index in [1.165, 1.54) is 6.07 Å². The third kappa shape index (κ3) is 6.79. The van der Waals surface area contributed by atoms with Gasteiger partial charge in [0.25, 0.3) is 0 Å². The molecule has 8 heteroatoms. The lowest BCUT2D eigenvalue weighted by Crippen LogP contribution is -2.39. The van der Waals surface area contributed by atoms with Gasteiger partial charge in [0.15, 0.2) is 11.6 Å². The van der Waals surface area contributed by atoms with E-state index < -0.39 is 11.9 Å². The zero-order valence-electron chi connectivity index (χ0n) is 20.7. The number of hydrogen-bond acceptors (Lipinski definition) is 6. The summed E-state index contributed by atoms with van der Waals surface area (Å²) in [4.78, 5) is 2.13. The van der Waals surface area contributed by atoms with Gasteiger partial charge >= 0.3 is 0 Å². The Morgan fingerprint density at radius 3 is 2.75 bits per heavy atom. The summed E-state index contributed by atoms with van der Waals surface area (Å²) in [6, 6.07) is 16.2. The SMILES string of the molecule is C=CCOC[C@H](O)CN(Cc1c(-c2ccccc2)nn(C)c1Oc1ccccc1F)C[C@H]1CCCO1. The number of para-hydroxylation sites is 1. The fraction of sp³-hybridized carbons (Fsp3) is 0.393. The van der Waals surface area contributed by atoms with Gasteiger partial charge in [-0.05, 0) is 25.0 Å². The predicted molar refractivity (Wildman–Crippen MR) is 136 cm³/mol. The first-order valence-corrected chi connectivity index (χ1v) is 12.3. The van der Waals surface area contributed by atoms with E-state index in [0.29, 0.717) is 32.1 Å². The van der Waals surface area contributed by atoms with Gasteiger partial charge < -0.3 is 19.3 Å². The number of benzene rings is 2. The van der Waals surface area contributed by atoms with Crippen molar-refractivity contribution in [2.45, 2.75) is 31.6 Å². The average molecular weight is 496 g/mol. The van der Waals surface area contributed by atoms with Gasteiger partial charge in [-0.1, -0.05) is 48.5 Å². The Bertz CT molecular complexity index is 1120. The zero-order valence-corrected chi connectivity index (χ0v) is 20.7. The van der Waals surface area contributed by atoms with Crippen LogP contribution in [0.5, 0.6) is 11.6 Å². The Morgan fingerprint density at radius 1 is 1.25 bits per heavy atom. The van der Waals surface area contributed by atoms with Crippen molar-refractivity contribution in [3.63, 3.8) is 0 Å². The highest BCUT2D eigenvalue weighted by Crippen LogP contribution is 2.35. The van der Waals surface area contributed by atoms with Gasteiger partial charge in [-0.3, -0.25) is 4.90 Å². The second-order valence-electron chi connectivity index (χ2n) is 8.96. The average Bonchev–Trinajstić information content (AvgIpc) is 3.49. The fourth-order valence-electron chi connectivity index (χ4n) is 4.42. The molecule has 1 N–H and O–H groups in total. The Hall–Kier alpha value is -3.04. The molecule has 0 unspecified atom stereocenters. The first-order valence-electron chi connectivity index (χ1n) is 12.3. The highest BCUT2D eigenvalue weighted by molar-refractivity contribution is 5.65. The quantitative estimate of drug-likeness (QED) is 0.277. The fourth-order valence-corrected chi connectivity index (χ4v) is 4.42. The van der Waals surface area contributed by atoms with Gasteiger partial charge in [-0.25, -0.2) is 9.07 Å². The topological polar surface area (TPSA) is 69.0 Å². The number of ether oxygens (including phenoxy) is 3. The molecular weight excluding hydrogens is 461 g/mol. The normalized spacial score (nSPS) is 16.4. The number of aromatic nitrogens is 2. The van der Waals surface area contributed by atoms with Crippen molar-refractivity contribution < 1.29 is 23.7 Å². The molecule has 0 spiro atoms. The second-order valence-corrected chi connectivity index (χ2v) is 8.96. The van der Waals surface area contributed by atoms with Gasteiger partial charge in [0, 0.05) is 38.9 Å². The highest BCUT2D eigenvalue weighted by Gasteiger charge is 2.26. The van der Waals surface area contributed by atoms with Crippen LogP contribution in [0, 0.1) is 5.82 Å². The van der Waals surface area contributed by atoms with E-state index in [-0.39, 0.29) is 18.5 Å². The van der Waals surface area contributed by atoms with Crippen LogP contribution >= 0.6 is 0 Å². The third-order valence-electron chi connectivity index (χ3n) is 6.06. The zero-order chi connectivity index (χ0) is 25.3. The number of hydrogen-bond donors (Lipinski definition) is 1. The molecule has 36 heavy (non-hydrogen) atoms. The van der Waals surface area contributed by atoms with E-state index in [2.05, 4.69) is 11.5 Å². The van der Waals surface area contributed by atoms with Crippen molar-refractivity contribution in [2.75, 3.05) is 32.9 Å². The molecular formula is C28H34FN3O4. The second kappa shape index (κ2) is 12.8. The van der Waals surface area contributed by atoms with Crippen molar-refractivity contribution in [3.05, 3.63) is 78.6 Å². The number of rotatable bonds is 13. The van der Waals surface area contributed by atoms with E-state index >= 15 is 0 Å². The lowest BCUT2D eigenvalue weighted by Gasteiger charge is -2.27. The van der Waals surface area contributed by atoms with Crippen LogP contribution in [0.1, 0.15) is 18.4 Å². The molecule has 2 atom stereocenters. The van der Waals surface area contributed by atoms with Crippen LogP contribution in [0.2, 0.25) is 0 Å². The molecule has 0 radical (unpaired) electrons. The van der Waals surface area contributed by atoms with E-state index in [1.807, 2.05) is 30.3 Å². The number of aryl methyl sites for hydroxylation is 1. The summed E-state index contributed by atoms with van der Waals surface area (Å²) < 4.78 is 33.6. The predicted octanol–water partition coefficient (Wildman–Crippen LogP) is 4.56. The molecule has 192 valence electrons. The van der Waals surface area contributed by atoms with Crippen LogP contribution in [-0.2, 0) is 23.1 Å². The molecule has 0 saturated carbocycles. The minimum atomic E-state index is -0.695. The van der Waals surface area contributed by atoms with E-state index in [1.54, 1.807) is 36.0 Å². The summed E-state index contributed by atoms with van der Waals surface area (Å²) in [6.45, 7) is 6.42. The van der Waals surface area contributed by atoms with Crippen molar-refractivity contribution in [1.82, 2.24) is 14.7 Å². The molecule has 1 aliphatic heterocycles. The molecule has 7 nitrogen and oxygen atoms in total. The third-order valence-corrected chi connectivity index (χ3v) is 6.06. The van der Waals surface area contributed by atoms with Gasteiger partial charge in [0.2, 0.25) is 5.88 Å². The minimum absolute atomic E-state index is 0.0825. The van der Waals surface area contributed by atoms with Crippen molar-refractivity contribution in [2.24, 2.45) is 7.05 Å². The molecule has 1 fully saturated rings. The highest BCUT2D eigenvalue weighted by atomic mass is 19.1. The summed E-state index contributed by atoms with van der Waals surface area (Å²) in [5.41, 5.74) is 2.49. The molecule has 1 saturated heterocycles. The molecule has 1 aromatic heterocycles. The summed E-state index contributed by atoms with van der Waals surface area (Å²) in [5.74, 6) is 0.135. The molecule has 0 bridgehead atoms. The van der Waals surface area contributed by atoms with Crippen molar-refractivity contribution >= 4 is 0 Å². The van der Waals surface area contributed by atoms with E-state index in [0.717, 1.165) is 36.3 Å². The van der Waals surface area contributed by atoms with Crippen LogP contribution in [0.3, 0.4) is 0 Å². The van der Waals surface area contributed by atoms with E-state index in [9.17, 15) is 9.50 Å². The van der Waals surface area contributed by atoms with Crippen LogP contribution in [-0.4, -0.2) is 64.9 Å². The molecule has 4 rings (SSSR count). The van der Waals surface area contributed by atoms with E-state index in [4.69, 9.17) is 19.3 Å². The lowest BCUT2D eigenvalue weighted by atomic mass is 10.1. The molecule has 2 heterocycles. The summed E-state index contributed by atoms with van der Waals surface area (Å²) in [7, 11) is 1.79. The minimum Gasteiger partial charge on any atom is -0.436 e. The summed E-state index contributed by atoms with van der Waals surface area (Å²) >= 11 is 0. The Labute approximate surface area is 211 Å². The Morgan fingerprint density at radius 2 is 2.03 bits per heavy atom. The maximum atomic E-state index is 14.5. The maximum Gasteiger partial charge on any atom is 0.222 e. The van der Waals surface area contributed by atoms with Crippen LogP contribution in [0.4, 0.5) is 4.39 Å². The first kappa shape index (κ1) is 26.0. The molecule has 0 amide bonds. The molecule has 0 aliphatic carbocycles. The number of nitrogens with zero attached hydrogens (tertiary/aromatic N) is 3. The standard InChI is InChI=1S/C28H34FN3O4/c1-3-15-34-20-22(33)17-32(18-23-12-9-16-35-23)19-24-27(21-10-5-4-6-11-21)30-31(2)28(24)36-26-14-8-7-13-25(26)29/h3-8,10-11,13-14,22-23,33H,1,9,12,15-20H2,2H3/t22-,23-/m1/s1. The van der Waals surface area contributed by atoms with Crippen molar-refractivity contribution in [3.8, 4) is 22.9 Å². The van der Waals surface area contributed by atoms with Gasteiger partial charge in [-0.15, -0.1) is 6.58 Å². The largest absolute Gasteiger partial charge is 0.436 e. The first-order chi connectivity index (χ1) is 17.5. The lowest BCUT2D eigenvalue weighted by molar-refractivity contribution is 0.00844. The monoisotopic (exact) mass is 495 g/mol. The Kier molecular flexibility index (Phi) is 9.24. The van der Waals surface area contributed by atoms with Crippen LogP contribution in [0.15, 0.2) is 67.3 Å². The number of halogens is 1. The Balaban J connectivity index is 1.66. The molecule has 1 aliphatic rings. The van der Waals surface area contributed by atoms with Gasteiger partial charge in [0.1, 0.15) is 5.69 Å². The number of aliphatic hydroxyl groups excluding tert-OH is 1. The van der Waals surface area contributed by atoms with Gasteiger partial charge in [0.05, 0.1) is 31.0 Å². The van der Waals surface area contributed by atoms with Crippen LogP contribution in [0.25, 0.3) is 11.3 Å². The van der Waals surface area contributed by atoms with Gasteiger partial charge in [-0.2, -0.15) is 5.10 Å².